The molecule has 79 heavy (non-hydrogen) atoms. The maximum atomic E-state index is 5.79. The van der Waals surface area contributed by atoms with E-state index in [0.29, 0.717) is 0 Å². The van der Waals surface area contributed by atoms with Gasteiger partial charge in [0.15, 0.2) is 16.1 Å². The van der Waals surface area contributed by atoms with Crippen molar-refractivity contribution >= 4 is 107 Å². The van der Waals surface area contributed by atoms with Crippen molar-refractivity contribution in [3.8, 4) is 22.8 Å². The van der Waals surface area contributed by atoms with Crippen molar-refractivity contribution in [2.45, 2.75) is 0 Å². The van der Waals surface area contributed by atoms with Crippen LogP contribution in [-0.2, 0) is 0 Å². The van der Waals surface area contributed by atoms with Crippen LogP contribution in [0.4, 0.5) is 0 Å². The van der Waals surface area contributed by atoms with Gasteiger partial charge in [0.05, 0.1) is 33.1 Å². The van der Waals surface area contributed by atoms with E-state index in [4.69, 9.17) is 9.97 Å². The summed E-state index contributed by atoms with van der Waals surface area (Å²) in [6.07, 6.45) is 0. The lowest BCUT2D eigenvalue weighted by atomic mass is 10.1. The van der Waals surface area contributed by atoms with E-state index < -0.39 is 16.1 Å². The molecule has 4 aromatic heterocycles. The van der Waals surface area contributed by atoms with Crippen LogP contribution in [0.1, 0.15) is 0 Å². The van der Waals surface area contributed by atoms with E-state index in [1.807, 2.05) is 0 Å². The van der Waals surface area contributed by atoms with Crippen molar-refractivity contribution < 1.29 is 0 Å². The fourth-order valence-electron chi connectivity index (χ4n) is 13.0. The summed E-state index contributed by atoms with van der Waals surface area (Å²) in [5.41, 5.74) is 8.40. The number of rotatable bonds is 11. The molecule has 5 nitrogen and oxygen atoms in total. The average Bonchev–Trinajstić information content (AvgIpc) is 4.35. The Bertz CT molecular complexity index is 4450. The molecule has 0 radical (unpaired) electrons. The van der Waals surface area contributed by atoms with Crippen molar-refractivity contribution in [1.82, 2.24) is 23.5 Å². The lowest BCUT2D eigenvalue weighted by Crippen LogP contribution is -2.74. The van der Waals surface area contributed by atoms with Crippen LogP contribution in [-0.4, -0.2) is 39.7 Å². The lowest BCUT2D eigenvalue weighted by Gasteiger charge is -2.34. The second kappa shape index (κ2) is 19.0. The normalized spacial score (nSPS) is 12.1. The molecule has 0 fully saturated rings. The molecular weight excluding hydrogens is 991 g/mol. The molecule has 15 aromatic rings. The van der Waals surface area contributed by atoms with Gasteiger partial charge in [-0.2, -0.15) is 0 Å². The molecule has 0 N–H and O–H groups in total. The van der Waals surface area contributed by atoms with E-state index in [1.54, 1.807) is 0 Å². The highest BCUT2D eigenvalue weighted by Gasteiger charge is 2.43. The Morgan fingerprint density at radius 1 is 0.241 bits per heavy atom. The lowest BCUT2D eigenvalue weighted by molar-refractivity contribution is 0.997. The van der Waals surface area contributed by atoms with Crippen LogP contribution in [0, 0.1) is 0 Å². The quantitative estimate of drug-likeness (QED) is 0.0957. The molecule has 0 aliphatic heterocycles. The maximum absolute atomic E-state index is 5.79. The topological polar surface area (TPSA) is 40.0 Å². The summed E-state index contributed by atoms with van der Waals surface area (Å²) in [6, 6.07) is 114. The van der Waals surface area contributed by atoms with Gasteiger partial charge >= 0.3 is 0 Å². The monoisotopic (exact) mass is 1040 g/mol. The molecule has 4 heterocycles. The summed E-state index contributed by atoms with van der Waals surface area (Å²) < 4.78 is 7.08. The molecule has 0 aliphatic rings. The van der Waals surface area contributed by atoms with Crippen LogP contribution in [0.25, 0.3) is 72.4 Å². The summed E-state index contributed by atoms with van der Waals surface area (Å²) in [5, 5.41) is 12.8. The first kappa shape index (κ1) is 46.4. The highest BCUT2D eigenvalue weighted by atomic mass is 28.3. The van der Waals surface area contributed by atoms with Crippen molar-refractivity contribution in [3.05, 3.63) is 309 Å². The summed E-state index contributed by atoms with van der Waals surface area (Å²) >= 11 is 0. The standard InChI is InChI=1S/C72H51N5Si2/c1-8-26-52(27-9-1)53-48-70(75-65-42-24-22-40-62(65)63-41-23-25-43-66(63)75)74-71(49-53)77-67-47-45-61(79(57-34-16-5-17-35-57,58-36-18-6-19-37-58)59-38-20-7-21-39-59)51-69(67)76-68-50-60(44-46-64(68)73-72(76)77)78(54-28-10-2-11-29-54,55-30-12-3-13-31-55)56-32-14-4-15-33-56/h1-51H. The third kappa shape index (κ3) is 7.28. The molecule has 11 aromatic carbocycles. The fraction of sp³-hybridized carbons (Fsp3) is 0. The number of aromatic nitrogens is 5. The van der Waals surface area contributed by atoms with Gasteiger partial charge in [0.2, 0.25) is 5.78 Å². The minimum Gasteiger partial charge on any atom is -0.294 e. The zero-order valence-corrected chi connectivity index (χ0v) is 45.2. The zero-order valence-electron chi connectivity index (χ0n) is 43.2. The first-order valence-electron chi connectivity index (χ1n) is 27.1. The Labute approximate surface area is 460 Å². The summed E-state index contributed by atoms with van der Waals surface area (Å²) in [7, 11) is -5.96. The number of imidazole rings is 2. The van der Waals surface area contributed by atoms with Gasteiger partial charge in [0, 0.05) is 10.8 Å². The largest absolute Gasteiger partial charge is 0.294 e. The molecule has 0 unspecified atom stereocenters. The molecular formula is C72H51N5Si2. The summed E-state index contributed by atoms with van der Waals surface area (Å²) in [4.78, 5) is 11.5. The Kier molecular flexibility index (Phi) is 11.1. The van der Waals surface area contributed by atoms with E-state index in [9.17, 15) is 0 Å². The van der Waals surface area contributed by atoms with Gasteiger partial charge in [-0.05, 0) is 101 Å². The van der Waals surface area contributed by atoms with Gasteiger partial charge in [-0.1, -0.05) is 261 Å². The van der Waals surface area contributed by atoms with Crippen molar-refractivity contribution in [1.29, 1.82) is 0 Å². The van der Waals surface area contributed by atoms with Crippen molar-refractivity contribution in [2.24, 2.45) is 0 Å². The number of benzene rings is 11. The van der Waals surface area contributed by atoms with Crippen LogP contribution in [0.15, 0.2) is 309 Å². The van der Waals surface area contributed by atoms with Crippen LogP contribution in [0.5, 0.6) is 0 Å². The number of fused-ring (bicyclic) bond motifs is 8. The van der Waals surface area contributed by atoms with Gasteiger partial charge in [-0.25, -0.2) is 9.97 Å². The van der Waals surface area contributed by atoms with E-state index in [1.165, 1.54) is 52.3 Å². The molecule has 15 rings (SSSR count). The summed E-state index contributed by atoms with van der Waals surface area (Å²) in [5.74, 6) is 2.40. The van der Waals surface area contributed by atoms with E-state index >= 15 is 0 Å². The Hall–Kier alpha value is -9.93. The highest BCUT2D eigenvalue weighted by Crippen LogP contribution is 2.36. The van der Waals surface area contributed by atoms with E-state index in [-0.39, 0.29) is 0 Å². The molecule has 0 atom stereocenters. The van der Waals surface area contributed by atoms with Crippen LogP contribution in [0.2, 0.25) is 0 Å². The maximum Gasteiger partial charge on any atom is 0.221 e. The van der Waals surface area contributed by atoms with Crippen molar-refractivity contribution in [3.63, 3.8) is 0 Å². The zero-order chi connectivity index (χ0) is 52.3. The number of pyridine rings is 1. The van der Waals surface area contributed by atoms with Crippen LogP contribution < -0.4 is 41.5 Å². The third-order valence-corrected chi connectivity index (χ3v) is 25.9. The Morgan fingerprint density at radius 3 is 1.05 bits per heavy atom. The molecule has 372 valence electrons. The van der Waals surface area contributed by atoms with E-state index in [0.717, 1.165) is 61.6 Å². The molecule has 7 heteroatoms. The minimum absolute atomic E-state index is 0.778. The molecule has 0 amide bonds. The predicted molar refractivity (Wildman–Crippen MR) is 334 cm³/mol. The van der Waals surface area contributed by atoms with Gasteiger partial charge in [-0.3, -0.25) is 13.5 Å². The predicted octanol–water partition coefficient (Wildman–Crippen LogP) is 11.3. The van der Waals surface area contributed by atoms with Crippen LogP contribution in [0.3, 0.4) is 0 Å². The minimum atomic E-state index is -3.00. The van der Waals surface area contributed by atoms with Gasteiger partial charge in [0.1, 0.15) is 11.6 Å². The molecule has 0 spiro atoms. The Morgan fingerprint density at radius 2 is 0.608 bits per heavy atom. The smallest absolute Gasteiger partial charge is 0.221 e. The number of hydrogen-bond donors (Lipinski definition) is 0. The molecule has 0 saturated heterocycles. The van der Waals surface area contributed by atoms with Gasteiger partial charge < -0.3 is 0 Å². The fourth-order valence-corrected chi connectivity index (χ4v) is 22.5. The second-order valence-corrected chi connectivity index (χ2v) is 28.1. The first-order chi connectivity index (χ1) is 39.2. The van der Waals surface area contributed by atoms with Gasteiger partial charge in [-0.15, -0.1) is 0 Å². The first-order valence-corrected chi connectivity index (χ1v) is 31.1. The average molecular weight is 1040 g/mol. The molecule has 0 bridgehead atoms. The number of para-hydroxylation sites is 2. The highest BCUT2D eigenvalue weighted by molar-refractivity contribution is 7.20. The Balaban J connectivity index is 1.09. The molecule has 0 aliphatic carbocycles. The second-order valence-electron chi connectivity index (χ2n) is 20.5. The van der Waals surface area contributed by atoms with Crippen molar-refractivity contribution in [2.75, 3.05) is 0 Å². The molecule has 0 saturated carbocycles. The third-order valence-electron chi connectivity index (χ3n) is 16.3. The number of nitrogens with zero attached hydrogens (tertiary/aromatic N) is 5. The SMILES string of the molecule is c1ccc(-c2cc(-n3c4ccccc4c4ccccc43)nc(-n3c4ccc([Si](c5ccccc5)(c5ccccc5)c5ccccc5)cc4n4c5cc([Si](c6ccccc6)(c6ccccc6)c6ccccc6)ccc5nc34)c2)cc1. The van der Waals surface area contributed by atoms with Gasteiger partial charge in [0.25, 0.3) is 0 Å². The summed E-state index contributed by atoms with van der Waals surface area (Å²) in [6.45, 7) is 0. The van der Waals surface area contributed by atoms with E-state index in [2.05, 4.69) is 323 Å². The van der Waals surface area contributed by atoms with Crippen LogP contribution >= 0.6 is 0 Å². The number of hydrogen-bond acceptors (Lipinski definition) is 2.